The van der Waals surface area contributed by atoms with Crippen molar-refractivity contribution in [2.45, 2.75) is 39.8 Å². The minimum Gasteiger partial charge on any atom is -0.489 e. The van der Waals surface area contributed by atoms with Gasteiger partial charge in [0, 0.05) is 6.04 Å². The number of halogens is 1. The lowest BCUT2D eigenvalue weighted by Gasteiger charge is -2.14. The lowest BCUT2D eigenvalue weighted by Crippen LogP contribution is -2.37. The Morgan fingerprint density at radius 3 is 2.37 bits per heavy atom. The maximum Gasteiger partial charge on any atom is 0.188 e. The van der Waals surface area contributed by atoms with Gasteiger partial charge in [-0.3, -0.25) is 0 Å². The standard InChI is InChI=1S/C14H23N3O.HI/c1-10(2)17-14(15)16-9-12(4)18-13-7-5-11(3)6-8-13;/h5-8,10,12H,9H2,1-4H3,(H3,15,16,17);1H. The van der Waals surface area contributed by atoms with Crippen LogP contribution >= 0.6 is 24.0 Å². The number of hydrogen-bond acceptors (Lipinski definition) is 2. The van der Waals surface area contributed by atoms with Crippen molar-refractivity contribution in [2.24, 2.45) is 10.7 Å². The monoisotopic (exact) mass is 377 g/mol. The molecule has 0 amide bonds. The summed E-state index contributed by atoms with van der Waals surface area (Å²) in [5, 5.41) is 3.04. The molecule has 0 heterocycles. The summed E-state index contributed by atoms with van der Waals surface area (Å²) in [7, 11) is 0. The lowest BCUT2D eigenvalue weighted by molar-refractivity contribution is 0.230. The molecule has 3 N–H and O–H groups in total. The van der Waals surface area contributed by atoms with Gasteiger partial charge in [0.2, 0.25) is 0 Å². The van der Waals surface area contributed by atoms with Gasteiger partial charge in [-0.2, -0.15) is 0 Å². The molecule has 0 bridgehead atoms. The van der Waals surface area contributed by atoms with E-state index in [2.05, 4.69) is 17.2 Å². The molecule has 0 aliphatic carbocycles. The molecule has 0 saturated heterocycles. The molecule has 1 aromatic carbocycles. The predicted octanol–water partition coefficient (Wildman–Crippen LogP) is 2.69. The highest BCUT2D eigenvalue weighted by Crippen LogP contribution is 2.13. The second-order valence-electron chi connectivity index (χ2n) is 4.77. The Morgan fingerprint density at radius 1 is 1.26 bits per heavy atom. The zero-order valence-corrected chi connectivity index (χ0v) is 14.3. The van der Waals surface area contributed by atoms with Gasteiger partial charge in [0.25, 0.3) is 0 Å². The zero-order chi connectivity index (χ0) is 13.5. The third kappa shape index (κ3) is 7.92. The summed E-state index contributed by atoms with van der Waals surface area (Å²) in [4.78, 5) is 4.24. The summed E-state index contributed by atoms with van der Waals surface area (Å²) in [6, 6.07) is 8.28. The quantitative estimate of drug-likeness (QED) is 0.471. The molecular formula is C14H24IN3O. The van der Waals surface area contributed by atoms with Gasteiger partial charge in [-0.25, -0.2) is 4.99 Å². The van der Waals surface area contributed by atoms with E-state index in [0.29, 0.717) is 18.5 Å². The van der Waals surface area contributed by atoms with Crippen molar-refractivity contribution in [1.82, 2.24) is 5.32 Å². The summed E-state index contributed by atoms with van der Waals surface area (Å²) in [6.45, 7) is 8.62. The Labute approximate surface area is 132 Å². The highest BCUT2D eigenvalue weighted by atomic mass is 127. The van der Waals surface area contributed by atoms with Crippen molar-refractivity contribution in [1.29, 1.82) is 0 Å². The molecule has 0 radical (unpaired) electrons. The Morgan fingerprint density at radius 2 is 1.84 bits per heavy atom. The first kappa shape index (κ1) is 18.0. The predicted molar refractivity (Wildman–Crippen MR) is 91.4 cm³/mol. The molecule has 0 spiro atoms. The molecule has 0 saturated carbocycles. The molecule has 1 atom stereocenters. The molecule has 108 valence electrons. The number of ether oxygens (including phenoxy) is 1. The van der Waals surface area contributed by atoms with Gasteiger partial charge in [-0.05, 0) is 39.8 Å². The molecule has 0 fully saturated rings. The van der Waals surface area contributed by atoms with Crippen LogP contribution in [-0.4, -0.2) is 24.7 Å². The number of nitrogens with zero attached hydrogens (tertiary/aromatic N) is 1. The first-order valence-electron chi connectivity index (χ1n) is 6.27. The minimum absolute atomic E-state index is 0. The Hall–Kier alpha value is -0.980. The fraction of sp³-hybridized carbons (Fsp3) is 0.500. The van der Waals surface area contributed by atoms with Gasteiger partial charge in [0.15, 0.2) is 5.96 Å². The van der Waals surface area contributed by atoms with Crippen LogP contribution < -0.4 is 15.8 Å². The van der Waals surface area contributed by atoms with Crippen molar-refractivity contribution in [3.63, 3.8) is 0 Å². The van der Waals surface area contributed by atoms with Crippen LogP contribution in [0.4, 0.5) is 0 Å². The van der Waals surface area contributed by atoms with E-state index in [0.717, 1.165) is 5.75 Å². The molecule has 0 aromatic heterocycles. The normalized spacial score (nSPS) is 12.8. The van der Waals surface area contributed by atoms with E-state index in [1.807, 2.05) is 45.0 Å². The number of aryl methyl sites for hydroxylation is 1. The van der Waals surface area contributed by atoms with Crippen molar-refractivity contribution in [3.8, 4) is 5.75 Å². The maximum atomic E-state index is 5.73. The summed E-state index contributed by atoms with van der Waals surface area (Å²) in [6.07, 6.45) is 0.000202. The van der Waals surface area contributed by atoms with Crippen LogP contribution in [-0.2, 0) is 0 Å². The van der Waals surface area contributed by atoms with E-state index in [9.17, 15) is 0 Å². The number of rotatable bonds is 5. The number of guanidine groups is 1. The fourth-order valence-corrected chi connectivity index (χ4v) is 1.45. The van der Waals surface area contributed by atoms with Crippen LogP contribution in [0.2, 0.25) is 0 Å². The number of aliphatic imine (C=N–C) groups is 1. The molecule has 1 rings (SSSR count). The van der Waals surface area contributed by atoms with Crippen LogP contribution in [0.5, 0.6) is 5.75 Å². The van der Waals surface area contributed by atoms with E-state index < -0.39 is 0 Å². The average molecular weight is 377 g/mol. The lowest BCUT2D eigenvalue weighted by atomic mass is 10.2. The van der Waals surface area contributed by atoms with Gasteiger partial charge in [0.1, 0.15) is 11.9 Å². The smallest absolute Gasteiger partial charge is 0.188 e. The zero-order valence-electron chi connectivity index (χ0n) is 12.0. The Kier molecular flexibility index (Phi) is 8.54. The van der Waals surface area contributed by atoms with Gasteiger partial charge in [-0.15, -0.1) is 24.0 Å². The molecule has 5 heteroatoms. The second-order valence-corrected chi connectivity index (χ2v) is 4.77. The van der Waals surface area contributed by atoms with Gasteiger partial charge >= 0.3 is 0 Å². The molecule has 19 heavy (non-hydrogen) atoms. The molecular weight excluding hydrogens is 353 g/mol. The van der Waals surface area contributed by atoms with E-state index >= 15 is 0 Å². The molecule has 0 aliphatic heterocycles. The number of hydrogen-bond donors (Lipinski definition) is 2. The summed E-state index contributed by atoms with van der Waals surface area (Å²) >= 11 is 0. The summed E-state index contributed by atoms with van der Waals surface area (Å²) in [5.74, 6) is 1.32. The second kappa shape index (κ2) is 9.01. The van der Waals surface area contributed by atoms with E-state index in [-0.39, 0.29) is 30.1 Å². The largest absolute Gasteiger partial charge is 0.489 e. The van der Waals surface area contributed by atoms with Crippen molar-refractivity contribution in [2.75, 3.05) is 6.54 Å². The Balaban J connectivity index is 0.00000324. The van der Waals surface area contributed by atoms with E-state index in [4.69, 9.17) is 10.5 Å². The molecule has 4 nitrogen and oxygen atoms in total. The Bertz CT molecular complexity index is 390. The first-order valence-corrected chi connectivity index (χ1v) is 6.27. The minimum atomic E-state index is 0. The number of nitrogens with one attached hydrogen (secondary N) is 1. The molecule has 1 aromatic rings. The number of nitrogens with two attached hydrogens (primary N) is 1. The van der Waals surface area contributed by atoms with E-state index in [1.54, 1.807) is 0 Å². The summed E-state index contributed by atoms with van der Waals surface area (Å²) < 4.78 is 5.73. The van der Waals surface area contributed by atoms with Crippen LogP contribution in [0.3, 0.4) is 0 Å². The molecule has 1 unspecified atom stereocenters. The van der Waals surface area contributed by atoms with Crippen molar-refractivity contribution >= 4 is 29.9 Å². The SMILES string of the molecule is Cc1ccc(OC(C)CN=C(N)NC(C)C)cc1.I. The first-order chi connectivity index (χ1) is 8.47. The van der Waals surface area contributed by atoms with Crippen molar-refractivity contribution < 1.29 is 4.74 Å². The highest BCUT2D eigenvalue weighted by Gasteiger charge is 2.03. The van der Waals surface area contributed by atoms with Crippen LogP contribution in [0.25, 0.3) is 0 Å². The van der Waals surface area contributed by atoms with Crippen LogP contribution in [0.1, 0.15) is 26.3 Å². The third-order valence-corrected chi connectivity index (χ3v) is 2.31. The van der Waals surface area contributed by atoms with Gasteiger partial charge in [-0.1, -0.05) is 17.7 Å². The van der Waals surface area contributed by atoms with Gasteiger partial charge < -0.3 is 15.8 Å². The fourth-order valence-electron chi connectivity index (χ4n) is 1.45. The maximum absolute atomic E-state index is 5.73. The van der Waals surface area contributed by atoms with Crippen LogP contribution in [0.15, 0.2) is 29.3 Å². The average Bonchev–Trinajstić information content (AvgIpc) is 2.29. The highest BCUT2D eigenvalue weighted by molar-refractivity contribution is 14.0. The topological polar surface area (TPSA) is 59.6 Å². The van der Waals surface area contributed by atoms with E-state index in [1.165, 1.54) is 5.56 Å². The molecule has 0 aliphatic rings. The van der Waals surface area contributed by atoms with Crippen molar-refractivity contribution in [3.05, 3.63) is 29.8 Å². The third-order valence-electron chi connectivity index (χ3n) is 2.31. The number of benzene rings is 1. The van der Waals surface area contributed by atoms with Crippen LogP contribution in [0, 0.1) is 6.92 Å². The summed E-state index contributed by atoms with van der Waals surface area (Å²) in [5.41, 5.74) is 6.94. The van der Waals surface area contributed by atoms with Gasteiger partial charge in [0.05, 0.1) is 6.54 Å².